The van der Waals surface area contributed by atoms with Crippen LogP contribution in [0.2, 0.25) is 0 Å². The molecule has 1 unspecified atom stereocenters. The quantitative estimate of drug-likeness (QED) is 0.166. The van der Waals surface area contributed by atoms with E-state index in [9.17, 15) is 14.7 Å². The molecule has 1 amide bonds. The smallest absolute Gasteiger partial charge is 0.307 e. The van der Waals surface area contributed by atoms with E-state index in [2.05, 4.69) is 15.6 Å². The fourth-order valence-electron chi connectivity index (χ4n) is 3.72. The lowest BCUT2D eigenvalue weighted by atomic mass is 10.1. The van der Waals surface area contributed by atoms with Gasteiger partial charge in [0.05, 0.1) is 13.0 Å². The Bertz CT molecular complexity index is 1390. The monoisotopic (exact) mass is 508 g/mol. The number of aliphatic imine (C=N–C) groups is 1. The molecule has 0 saturated carbocycles. The largest absolute Gasteiger partial charge is 0.485 e. The molecule has 8 nitrogen and oxygen atoms in total. The van der Waals surface area contributed by atoms with Crippen molar-refractivity contribution >= 4 is 29.2 Å². The van der Waals surface area contributed by atoms with Gasteiger partial charge in [-0.1, -0.05) is 66.7 Å². The number of ether oxygens (including phenoxy) is 1. The number of hydrogen-bond donors (Lipinski definition) is 4. The Balaban J connectivity index is 1.36. The molecule has 192 valence electrons. The molecule has 38 heavy (non-hydrogen) atoms. The molecule has 5 N–H and O–H groups in total. The Labute approximate surface area is 220 Å². The first-order valence-electron chi connectivity index (χ1n) is 12.0. The van der Waals surface area contributed by atoms with Crippen LogP contribution >= 0.6 is 0 Å². The highest BCUT2D eigenvalue weighted by atomic mass is 16.5. The zero-order valence-electron chi connectivity index (χ0n) is 20.6. The summed E-state index contributed by atoms with van der Waals surface area (Å²) in [7, 11) is 0. The third-order valence-electron chi connectivity index (χ3n) is 5.60. The number of carbonyl (C=O) groups excluding carboxylic acids is 1. The molecule has 8 heteroatoms. The van der Waals surface area contributed by atoms with Gasteiger partial charge >= 0.3 is 5.97 Å². The maximum Gasteiger partial charge on any atom is 0.307 e. The summed E-state index contributed by atoms with van der Waals surface area (Å²) >= 11 is 0. The summed E-state index contributed by atoms with van der Waals surface area (Å²) in [5.41, 5.74) is 9.47. The van der Waals surface area contributed by atoms with Crippen LogP contribution in [0.5, 0.6) is 5.75 Å². The van der Waals surface area contributed by atoms with E-state index >= 15 is 0 Å². The van der Waals surface area contributed by atoms with Crippen LogP contribution in [0.25, 0.3) is 0 Å². The number of hydrogen-bond acceptors (Lipinski definition) is 4. The Morgan fingerprint density at radius 3 is 2.18 bits per heavy atom. The highest BCUT2D eigenvalue weighted by molar-refractivity contribution is 6.04. The van der Waals surface area contributed by atoms with Crippen molar-refractivity contribution in [1.82, 2.24) is 0 Å². The maximum absolute atomic E-state index is 12.8. The number of rotatable bonds is 10. The van der Waals surface area contributed by atoms with Crippen molar-refractivity contribution in [2.45, 2.75) is 19.1 Å². The molecule has 0 saturated heterocycles. The van der Waals surface area contributed by atoms with E-state index in [1.807, 2.05) is 60.7 Å². The first kappa shape index (κ1) is 26.0. The van der Waals surface area contributed by atoms with E-state index in [0.29, 0.717) is 29.2 Å². The Morgan fingerprint density at radius 2 is 1.50 bits per heavy atom. The van der Waals surface area contributed by atoms with Gasteiger partial charge in [-0.15, -0.1) is 0 Å². The van der Waals surface area contributed by atoms with Crippen LogP contribution in [0.1, 0.15) is 34.0 Å². The molecule has 0 heterocycles. The van der Waals surface area contributed by atoms with Gasteiger partial charge in [0.25, 0.3) is 5.91 Å². The van der Waals surface area contributed by atoms with Gasteiger partial charge in [0.1, 0.15) is 11.9 Å². The average molecular weight is 509 g/mol. The Kier molecular flexibility index (Phi) is 8.70. The molecule has 0 aliphatic rings. The molecule has 4 aromatic carbocycles. The van der Waals surface area contributed by atoms with Gasteiger partial charge in [-0.05, 0) is 47.5 Å². The molecule has 0 aliphatic heterocycles. The number of carboxylic acid groups (broad SMARTS) is 1. The van der Waals surface area contributed by atoms with Gasteiger partial charge in [-0.25, -0.2) is 4.99 Å². The first-order chi connectivity index (χ1) is 18.5. The molecule has 0 aliphatic carbocycles. The fraction of sp³-hybridized carbons (Fsp3) is 0.100. The van der Waals surface area contributed by atoms with Crippen molar-refractivity contribution in [3.8, 4) is 5.75 Å². The predicted octanol–water partition coefficient (Wildman–Crippen LogP) is 5.46. The molecular weight excluding hydrogens is 480 g/mol. The van der Waals surface area contributed by atoms with E-state index in [1.54, 1.807) is 48.5 Å². The summed E-state index contributed by atoms with van der Waals surface area (Å²) in [6.45, 7) is 0.464. The Hall–Kier alpha value is -5.11. The first-order valence-corrected chi connectivity index (χ1v) is 12.0. The van der Waals surface area contributed by atoms with E-state index in [1.165, 1.54) is 0 Å². The molecule has 0 radical (unpaired) electrons. The zero-order valence-corrected chi connectivity index (χ0v) is 20.6. The molecule has 0 aromatic heterocycles. The molecule has 0 bridgehead atoms. The fourth-order valence-corrected chi connectivity index (χ4v) is 3.72. The molecule has 0 fully saturated rings. The highest BCUT2D eigenvalue weighted by Crippen LogP contribution is 2.27. The lowest BCUT2D eigenvalue weighted by Gasteiger charge is -2.18. The SMILES string of the molecule is NC(=NCc1ccccc1)Nc1ccc(C(=O)Nc2cccc(OC(CC(=O)O)c3ccccc3)c2)cc1. The summed E-state index contributed by atoms with van der Waals surface area (Å²) in [4.78, 5) is 28.5. The van der Waals surface area contributed by atoms with E-state index < -0.39 is 12.1 Å². The third kappa shape index (κ3) is 7.69. The van der Waals surface area contributed by atoms with Crippen molar-refractivity contribution in [2.24, 2.45) is 10.7 Å². The van der Waals surface area contributed by atoms with Crippen LogP contribution in [-0.2, 0) is 11.3 Å². The number of guanidine groups is 1. The Morgan fingerprint density at radius 1 is 0.816 bits per heavy atom. The van der Waals surface area contributed by atoms with Crippen LogP contribution in [0.3, 0.4) is 0 Å². The van der Waals surface area contributed by atoms with Gasteiger partial charge < -0.3 is 26.2 Å². The second-order valence-corrected chi connectivity index (χ2v) is 8.49. The minimum Gasteiger partial charge on any atom is -0.485 e. The van der Waals surface area contributed by atoms with Gasteiger partial charge in [0, 0.05) is 23.0 Å². The number of carbonyl (C=O) groups is 2. The lowest BCUT2D eigenvalue weighted by Crippen LogP contribution is -2.22. The van der Waals surface area contributed by atoms with Gasteiger partial charge in [0.2, 0.25) is 0 Å². The number of aliphatic carboxylic acids is 1. The van der Waals surface area contributed by atoms with Crippen LogP contribution in [0.4, 0.5) is 11.4 Å². The second kappa shape index (κ2) is 12.7. The van der Waals surface area contributed by atoms with Crippen molar-refractivity contribution in [3.63, 3.8) is 0 Å². The average Bonchev–Trinajstić information content (AvgIpc) is 2.93. The van der Waals surface area contributed by atoms with Gasteiger partial charge in [-0.3, -0.25) is 9.59 Å². The summed E-state index contributed by atoms with van der Waals surface area (Å²) in [5.74, 6) is -0.544. The lowest BCUT2D eigenvalue weighted by molar-refractivity contribution is -0.138. The van der Waals surface area contributed by atoms with E-state index in [0.717, 1.165) is 11.1 Å². The topological polar surface area (TPSA) is 126 Å². The zero-order chi connectivity index (χ0) is 26.7. The van der Waals surface area contributed by atoms with Crippen LogP contribution < -0.4 is 21.1 Å². The normalized spacial score (nSPS) is 11.8. The minimum absolute atomic E-state index is 0.192. The highest BCUT2D eigenvalue weighted by Gasteiger charge is 2.18. The number of nitrogens with two attached hydrogens (primary N) is 1. The number of amides is 1. The number of anilines is 2. The molecule has 4 aromatic rings. The number of nitrogens with zero attached hydrogens (tertiary/aromatic N) is 1. The van der Waals surface area contributed by atoms with Crippen molar-refractivity contribution in [2.75, 3.05) is 10.6 Å². The number of benzene rings is 4. The van der Waals surface area contributed by atoms with Crippen LogP contribution in [-0.4, -0.2) is 22.9 Å². The standard InChI is InChI=1S/C30H28N4O4/c31-30(32-20-21-8-3-1-4-9-21)34-24-16-14-23(15-17-24)29(37)33-25-12-7-13-26(18-25)38-27(19-28(35)36)22-10-5-2-6-11-22/h1-18,27H,19-20H2,(H,33,37)(H,35,36)(H3,31,32,34). The predicted molar refractivity (Wildman–Crippen MR) is 148 cm³/mol. The summed E-state index contributed by atoms with van der Waals surface area (Å²) in [6.07, 6.45) is -0.856. The van der Waals surface area contributed by atoms with Crippen LogP contribution in [0, 0.1) is 0 Å². The van der Waals surface area contributed by atoms with Gasteiger partial charge in [0.15, 0.2) is 5.96 Å². The maximum atomic E-state index is 12.8. The van der Waals surface area contributed by atoms with E-state index in [4.69, 9.17) is 10.5 Å². The van der Waals surface area contributed by atoms with Crippen LogP contribution in [0.15, 0.2) is 114 Å². The van der Waals surface area contributed by atoms with Crippen molar-refractivity contribution in [1.29, 1.82) is 0 Å². The van der Waals surface area contributed by atoms with E-state index in [-0.39, 0.29) is 18.3 Å². The second-order valence-electron chi connectivity index (χ2n) is 8.49. The summed E-state index contributed by atoms with van der Waals surface area (Å²) in [5, 5.41) is 15.2. The summed E-state index contributed by atoms with van der Waals surface area (Å²) < 4.78 is 5.98. The van der Waals surface area contributed by atoms with Gasteiger partial charge in [-0.2, -0.15) is 0 Å². The molecule has 0 spiro atoms. The number of carboxylic acids is 1. The minimum atomic E-state index is -0.967. The molecule has 1 atom stereocenters. The molecule has 4 rings (SSSR count). The number of nitrogens with one attached hydrogen (secondary N) is 2. The van der Waals surface area contributed by atoms with Crippen molar-refractivity contribution < 1.29 is 19.4 Å². The van der Waals surface area contributed by atoms with Crippen molar-refractivity contribution in [3.05, 3.63) is 126 Å². The third-order valence-corrected chi connectivity index (χ3v) is 5.60. The molecular formula is C30H28N4O4. The summed E-state index contributed by atoms with van der Waals surface area (Å²) in [6, 6.07) is 32.7.